The van der Waals surface area contributed by atoms with E-state index in [9.17, 15) is 4.39 Å². The van der Waals surface area contributed by atoms with Gasteiger partial charge in [-0.3, -0.25) is 5.10 Å². The number of benzene rings is 1. The highest BCUT2D eigenvalue weighted by Crippen LogP contribution is 2.32. The maximum Gasteiger partial charge on any atom is 0.187 e. The number of hydrogen-bond acceptors (Lipinski definition) is 5. The van der Waals surface area contributed by atoms with Crippen LogP contribution in [-0.4, -0.2) is 37.9 Å². The van der Waals surface area contributed by atoms with Crippen LogP contribution in [0.1, 0.15) is 22.9 Å². The van der Waals surface area contributed by atoms with Crippen molar-refractivity contribution >= 4 is 28.9 Å². The van der Waals surface area contributed by atoms with Crippen LogP contribution >= 0.6 is 23.4 Å². The molecule has 3 heterocycles. The molecule has 2 aromatic heterocycles. The lowest BCUT2D eigenvalue weighted by Crippen LogP contribution is -2.26. The molecule has 0 amide bonds. The van der Waals surface area contributed by atoms with Crippen molar-refractivity contribution in [1.29, 1.82) is 0 Å². The van der Waals surface area contributed by atoms with E-state index in [0.717, 1.165) is 27.6 Å². The molecule has 8 heteroatoms. The Morgan fingerprint density at radius 3 is 2.86 bits per heavy atom. The monoisotopic (exact) mass is 413 g/mol. The molecule has 0 saturated carbocycles. The largest absolute Gasteiger partial charge is 0.363 e. The third-order valence-electron chi connectivity index (χ3n) is 4.51. The van der Waals surface area contributed by atoms with E-state index in [1.165, 1.54) is 17.8 Å². The highest BCUT2D eigenvalue weighted by molar-refractivity contribution is 7.98. The fraction of sp³-hybridized carbons (Fsp3) is 0.150. The number of thioether (sulfide) groups is 1. The molecule has 0 radical (unpaired) electrons. The Kier molecular flexibility index (Phi) is 5.45. The lowest BCUT2D eigenvalue weighted by atomic mass is 9.98. The van der Waals surface area contributed by atoms with Crippen LogP contribution in [0, 0.1) is 5.82 Å². The lowest BCUT2D eigenvalue weighted by molar-refractivity contribution is 0.346. The zero-order chi connectivity index (χ0) is 19.5. The molecule has 142 valence electrons. The molecule has 1 aliphatic rings. The van der Waals surface area contributed by atoms with Gasteiger partial charge in [-0.25, -0.2) is 14.4 Å². The summed E-state index contributed by atoms with van der Waals surface area (Å²) < 4.78 is 14.1. The third-order valence-corrected chi connectivity index (χ3v) is 5.37. The predicted octanol–water partition coefficient (Wildman–Crippen LogP) is 4.72. The molecule has 0 bridgehead atoms. The number of aromatic nitrogens is 4. The molecular formula is C20H17ClFN5S. The minimum Gasteiger partial charge on any atom is -0.363 e. The van der Waals surface area contributed by atoms with Crippen molar-refractivity contribution in [3.8, 4) is 0 Å². The smallest absolute Gasteiger partial charge is 0.187 e. The summed E-state index contributed by atoms with van der Waals surface area (Å²) in [7, 11) is 0. The molecule has 4 rings (SSSR count). The summed E-state index contributed by atoms with van der Waals surface area (Å²) in [6, 6.07) is 6.60. The van der Waals surface area contributed by atoms with Crippen molar-refractivity contribution < 1.29 is 4.39 Å². The molecule has 0 fully saturated rings. The van der Waals surface area contributed by atoms with Crippen LogP contribution < -0.4 is 0 Å². The van der Waals surface area contributed by atoms with Gasteiger partial charge in [0.1, 0.15) is 5.82 Å². The third kappa shape index (κ3) is 3.81. The minimum atomic E-state index is -0.435. The van der Waals surface area contributed by atoms with E-state index in [4.69, 9.17) is 11.6 Å². The second-order valence-electron chi connectivity index (χ2n) is 6.21. The predicted molar refractivity (Wildman–Crippen MR) is 109 cm³/mol. The molecule has 0 spiro atoms. The van der Waals surface area contributed by atoms with Crippen molar-refractivity contribution in [2.45, 2.75) is 11.2 Å². The fourth-order valence-corrected chi connectivity index (χ4v) is 3.63. The Hall–Kier alpha value is -2.64. The summed E-state index contributed by atoms with van der Waals surface area (Å²) in [6.45, 7) is 0.643. The molecule has 0 saturated heterocycles. The van der Waals surface area contributed by atoms with Gasteiger partial charge in [0.25, 0.3) is 0 Å². The van der Waals surface area contributed by atoms with Crippen molar-refractivity contribution in [2.75, 3.05) is 12.8 Å². The Bertz CT molecular complexity index is 1030. The second kappa shape index (κ2) is 8.16. The van der Waals surface area contributed by atoms with E-state index in [1.54, 1.807) is 18.5 Å². The van der Waals surface area contributed by atoms with Crippen LogP contribution in [0.3, 0.4) is 0 Å². The van der Waals surface area contributed by atoms with Crippen LogP contribution in [0.2, 0.25) is 5.02 Å². The molecule has 1 aliphatic heterocycles. The summed E-state index contributed by atoms with van der Waals surface area (Å²) >= 11 is 7.37. The Morgan fingerprint density at radius 1 is 1.29 bits per heavy atom. The fourth-order valence-electron chi connectivity index (χ4n) is 3.16. The Balaban J connectivity index is 1.63. The van der Waals surface area contributed by atoms with Gasteiger partial charge in [0.2, 0.25) is 0 Å². The molecule has 1 atom stereocenters. The van der Waals surface area contributed by atoms with Gasteiger partial charge < -0.3 is 4.90 Å². The maximum absolute atomic E-state index is 14.1. The van der Waals surface area contributed by atoms with E-state index < -0.39 is 5.82 Å². The molecule has 1 unspecified atom stereocenters. The van der Waals surface area contributed by atoms with Crippen molar-refractivity contribution in [1.82, 2.24) is 25.1 Å². The first-order chi connectivity index (χ1) is 13.7. The van der Waals surface area contributed by atoms with E-state index in [1.807, 2.05) is 36.9 Å². The zero-order valence-electron chi connectivity index (χ0n) is 15.0. The normalized spacial score (nSPS) is 14.8. The summed E-state index contributed by atoms with van der Waals surface area (Å²) in [6.07, 6.45) is 13.4. The Labute approximate surface area is 171 Å². The lowest BCUT2D eigenvalue weighted by Gasteiger charge is -2.32. The number of nitrogens with zero attached hydrogens (tertiary/aromatic N) is 4. The number of halogens is 2. The molecule has 28 heavy (non-hydrogen) atoms. The Morgan fingerprint density at radius 2 is 2.18 bits per heavy atom. The van der Waals surface area contributed by atoms with Gasteiger partial charge in [-0.2, -0.15) is 5.10 Å². The quantitative estimate of drug-likeness (QED) is 0.484. The van der Waals surface area contributed by atoms with Crippen LogP contribution in [-0.2, 0) is 0 Å². The number of allylic oxidation sites excluding steroid dienone is 2. The minimum absolute atomic E-state index is 0.111. The molecule has 5 nitrogen and oxygen atoms in total. The molecule has 1 N–H and O–H groups in total. The van der Waals surface area contributed by atoms with Gasteiger partial charge in [0, 0.05) is 30.7 Å². The SMILES string of the molecule is CSc1nccc(C2=CCN(C(c3cn[nH]c3)c3ccc(Cl)c(F)c3)C=C2)n1. The van der Waals surface area contributed by atoms with Gasteiger partial charge in [-0.05, 0) is 41.7 Å². The number of aromatic amines is 1. The van der Waals surface area contributed by atoms with Crippen LogP contribution in [0.4, 0.5) is 4.39 Å². The average molecular weight is 414 g/mol. The van der Waals surface area contributed by atoms with Crippen molar-refractivity contribution in [3.63, 3.8) is 0 Å². The van der Waals surface area contributed by atoms with Gasteiger partial charge in [-0.15, -0.1) is 0 Å². The van der Waals surface area contributed by atoms with E-state index in [0.29, 0.717) is 6.54 Å². The first-order valence-electron chi connectivity index (χ1n) is 8.61. The topological polar surface area (TPSA) is 57.7 Å². The van der Waals surface area contributed by atoms with Gasteiger partial charge in [0.15, 0.2) is 5.16 Å². The molecule has 0 aliphatic carbocycles. The van der Waals surface area contributed by atoms with Crippen molar-refractivity contribution in [3.05, 3.63) is 88.9 Å². The van der Waals surface area contributed by atoms with Crippen LogP contribution in [0.5, 0.6) is 0 Å². The van der Waals surface area contributed by atoms with Crippen LogP contribution in [0.15, 0.2) is 66.4 Å². The van der Waals surface area contributed by atoms with Gasteiger partial charge >= 0.3 is 0 Å². The number of rotatable bonds is 5. The molecule has 1 aromatic carbocycles. The number of nitrogens with one attached hydrogen (secondary N) is 1. The average Bonchev–Trinajstić information content (AvgIpc) is 3.26. The second-order valence-corrected chi connectivity index (χ2v) is 7.39. The summed E-state index contributed by atoms with van der Waals surface area (Å²) in [5.74, 6) is -0.435. The highest BCUT2D eigenvalue weighted by atomic mass is 35.5. The summed E-state index contributed by atoms with van der Waals surface area (Å²) in [5, 5.41) is 7.74. The maximum atomic E-state index is 14.1. The number of H-pyrrole nitrogens is 1. The van der Waals surface area contributed by atoms with E-state index in [-0.39, 0.29) is 11.1 Å². The summed E-state index contributed by atoms with van der Waals surface area (Å²) in [5.41, 5.74) is 3.65. The standard InChI is InChI=1S/C20H17ClFN5S/c1-28-20-23-7-4-18(26-20)13-5-8-27(9-6-13)19(15-11-24-25-12-15)14-2-3-16(21)17(22)10-14/h2-8,10-12,19H,9H2,1H3,(H,24,25). The van der Waals surface area contributed by atoms with Crippen LogP contribution in [0.25, 0.3) is 5.57 Å². The van der Waals surface area contributed by atoms with Crippen molar-refractivity contribution in [2.24, 2.45) is 0 Å². The first-order valence-corrected chi connectivity index (χ1v) is 10.2. The highest BCUT2D eigenvalue weighted by Gasteiger charge is 2.23. The van der Waals surface area contributed by atoms with E-state index in [2.05, 4.69) is 31.1 Å². The number of hydrogen-bond donors (Lipinski definition) is 1. The van der Waals surface area contributed by atoms with E-state index >= 15 is 0 Å². The molecule has 3 aromatic rings. The molecular weight excluding hydrogens is 397 g/mol. The van der Waals surface area contributed by atoms with Gasteiger partial charge in [-0.1, -0.05) is 35.5 Å². The summed E-state index contributed by atoms with van der Waals surface area (Å²) in [4.78, 5) is 10.9. The zero-order valence-corrected chi connectivity index (χ0v) is 16.6. The van der Waals surface area contributed by atoms with Gasteiger partial charge in [0.05, 0.1) is 23.0 Å². The first kappa shape index (κ1) is 18.7.